The number of aromatic nitrogens is 4. The Labute approximate surface area is 168 Å². The molecule has 8 nitrogen and oxygen atoms in total. The number of amides is 1. The number of nitrogens with one attached hydrogen (secondary N) is 2. The minimum Gasteiger partial charge on any atom is -0.352 e. The Hall–Kier alpha value is -3.16. The topological polar surface area (TPSA) is 95.9 Å². The number of carbonyl (C=O) groups excluding carboxylic acids is 1. The Kier molecular flexibility index (Phi) is 4.86. The van der Waals surface area contributed by atoms with Gasteiger partial charge in [0, 0.05) is 26.1 Å². The molecule has 3 aromatic rings. The largest absolute Gasteiger partial charge is 0.352 e. The van der Waals surface area contributed by atoms with Gasteiger partial charge in [-0.05, 0) is 38.3 Å². The maximum absolute atomic E-state index is 12.4. The summed E-state index contributed by atoms with van der Waals surface area (Å²) in [5.41, 5.74) is 2.26. The van der Waals surface area contributed by atoms with E-state index in [4.69, 9.17) is 0 Å². The summed E-state index contributed by atoms with van der Waals surface area (Å²) in [6.45, 7) is 8.09. The number of fused-ring (bicyclic) bond motifs is 1. The number of likely N-dealkylation sites (tertiary alicyclic amines) is 1. The van der Waals surface area contributed by atoms with E-state index in [0.717, 1.165) is 24.1 Å². The molecule has 1 fully saturated rings. The molecule has 0 spiro atoms. The van der Waals surface area contributed by atoms with Crippen molar-refractivity contribution >= 4 is 22.9 Å². The monoisotopic (exact) mass is 394 g/mol. The van der Waals surface area contributed by atoms with Gasteiger partial charge < -0.3 is 10.2 Å². The van der Waals surface area contributed by atoms with Gasteiger partial charge in [-0.2, -0.15) is 10.1 Å². The number of benzene rings is 1. The summed E-state index contributed by atoms with van der Waals surface area (Å²) in [4.78, 5) is 33.4. The number of anilines is 1. The van der Waals surface area contributed by atoms with Gasteiger partial charge in [0.2, 0.25) is 11.9 Å². The van der Waals surface area contributed by atoms with Gasteiger partial charge in [-0.25, -0.2) is 4.68 Å². The molecule has 4 rings (SSSR count). The summed E-state index contributed by atoms with van der Waals surface area (Å²) in [6, 6.07) is 8.13. The number of H-pyrrole nitrogens is 1. The second kappa shape index (κ2) is 7.35. The summed E-state index contributed by atoms with van der Waals surface area (Å²) in [5, 5.41) is 7.99. The number of carbonyl (C=O) groups is 1. The summed E-state index contributed by atoms with van der Waals surface area (Å²) in [5.74, 6) is 0.649. The molecule has 2 aromatic heterocycles. The Balaban J connectivity index is 1.46. The van der Waals surface area contributed by atoms with Gasteiger partial charge in [0.1, 0.15) is 5.39 Å². The Morgan fingerprint density at radius 2 is 1.86 bits per heavy atom. The van der Waals surface area contributed by atoms with Crippen LogP contribution in [0.15, 0.2) is 35.3 Å². The number of rotatable bonds is 5. The Bertz CT molecular complexity index is 1090. The van der Waals surface area contributed by atoms with Crippen LogP contribution in [-0.4, -0.2) is 37.1 Å². The Morgan fingerprint density at radius 3 is 2.52 bits per heavy atom. The van der Waals surface area contributed by atoms with Crippen LogP contribution in [0.3, 0.4) is 0 Å². The molecule has 1 aromatic carbocycles. The first-order valence-electron chi connectivity index (χ1n) is 9.89. The normalized spacial score (nSPS) is 14.7. The highest BCUT2D eigenvalue weighted by Gasteiger charge is 2.21. The molecule has 29 heavy (non-hydrogen) atoms. The molecular formula is C21H26N6O2. The molecule has 8 heteroatoms. The van der Waals surface area contributed by atoms with Crippen LogP contribution in [0.5, 0.6) is 0 Å². The lowest BCUT2D eigenvalue weighted by molar-refractivity contribution is -0.128. The van der Waals surface area contributed by atoms with Gasteiger partial charge in [-0.3, -0.25) is 14.6 Å². The van der Waals surface area contributed by atoms with Crippen molar-refractivity contribution in [3.63, 3.8) is 0 Å². The highest BCUT2D eigenvalue weighted by Crippen LogP contribution is 2.19. The smallest absolute Gasteiger partial charge is 0.263 e. The molecule has 0 radical (unpaired) electrons. The van der Waals surface area contributed by atoms with Crippen molar-refractivity contribution in [3.05, 3.63) is 51.9 Å². The van der Waals surface area contributed by atoms with Crippen molar-refractivity contribution < 1.29 is 4.79 Å². The molecule has 0 unspecified atom stereocenters. The van der Waals surface area contributed by atoms with Crippen molar-refractivity contribution in [1.29, 1.82) is 0 Å². The highest BCUT2D eigenvalue weighted by molar-refractivity contribution is 5.78. The highest BCUT2D eigenvalue weighted by atomic mass is 16.2. The van der Waals surface area contributed by atoms with Gasteiger partial charge in [-0.1, -0.05) is 24.3 Å². The molecule has 0 atom stereocenters. The van der Waals surface area contributed by atoms with Crippen LogP contribution in [0.4, 0.5) is 5.95 Å². The standard InChI is InChI=1S/C21H26N6O2/c1-21(2,3)27-18-16(12-23-27)19(29)25-20(24-18)22-11-14-6-8-15(9-7-14)13-26-10-4-5-17(26)28/h6-9,12H,4-5,10-11,13H2,1-3H3,(H2,22,24,25,29). The fraction of sp³-hybridized carbons (Fsp3) is 0.429. The van der Waals surface area contributed by atoms with E-state index >= 15 is 0 Å². The zero-order valence-corrected chi connectivity index (χ0v) is 17.0. The van der Waals surface area contributed by atoms with Crippen LogP contribution in [0.25, 0.3) is 11.0 Å². The molecule has 0 bridgehead atoms. The van der Waals surface area contributed by atoms with Crippen molar-refractivity contribution in [2.24, 2.45) is 0 Å². The quantitative estimate of drug-likeness (QED) is 0.693. The van der Waals surface area contributed by atoms with E-state index in [1.807, 2.05) is 49.9 Å². The van der Waals surface area contributed by atoms with E-state index in [0.29, 0.717) is 36.5 Å². The predicted octanol–water partition coefficient (Wildman–Crippen LogP) is 2.61. The molecular weight excluding hydrogens is 368 g/mol. The van der Waals surface area contributed by atoms with E-state index < -0.39 is 0 Å². The van der Waals surface area contributed by atoms with Gasteiger partial charge in [-0.15, -0.1) is 0 Å². The van der Waals surface area contributed by atoms with Crippen molar-refractivity contribution in [2.75, 3.05) is 11.9 Å². The summed E-state index contributed by atoms with van der Waals surface area (Å²) >= 11 is 0. The molecule has 0 aliphatic carbocycles. The van der Waals surface area contributed by atoms with E-state index in [-0.39, 0.29) is 17.0 Å². The number of nitrogens with zero attached hydrogens (tertiary/aromatic N) is 4. The SMILES string of the molecule is CC(C)(C)n1ncc2c(=O)[nH]c(NCc3ccc(CN4CCCC4=O)cc3)nc21. The van der Waals surface area contributed by atoms with Crippen molar-refractivity contribution in [3.8, 4) is 0 Å². The van der Waals surface area contributed by atoms with E-state index in [2.05, 4.69) is 20.4 Å². The maximum atomic E-state index is 12.4. The molecule has 0 saturated carbocycles. The van der Waals surface area contributed by atoms with Crippen LogP contribution in [0.1, 0.15) is 44.7 Å². The van der Waals surface area contributed by atoms with E-state index in [9.17, 15) is 9.59 Å². The van der Waals surface area contributed by atoms with Crippen molar-refractivity contribution in [2.45, 2.75) is 52.2 Å². The molecule has 1 aliphatic heterocycles. The fourth-order valence-electron chi connectivity index (χ4n) is 3.53. The van der Waals surface area contributed by atoms with E-state index in [1.165, 1.54) is 0 Å². The van der Waals surface area contributed by atoms with Gasteiger partial charge >= 0.3 is 0 Å². The number of aromatic amines is 1. The molecule has 2 N–H and O–H groups in total. The third-order valence-corrected chi connectivity index (χ3v) is 5.10. The lowest BCUT2D eigenvalue weighted by Crippen LogP contribution is -2.24. The van der Waals surface area contributed by atoms with Crippen LogP contribution >= 0.6 is 0 Å². The first-order chi connectivity index (χ1) is 13.8. The predicted molar refractivity (Wildman–Crippen MR) is 112 cm³/mol. The first-order valence-corrected chi connectivity index (χ1v) is 9.89. The van der Waals surface area contributed by atoms with Crippen molar-refractivity contribution in [1.82, 2.24) is 24.6 Å². The molecule has 1 saturated heterocycles. The third-order valence-electron chi connectivity index (χ3n) is 5.10. The second-order valence-corrected chi connectivity index (χ2v) is 8.47. The number of hydrogen-bond donors (Lipinski definition) is 2. The van der Waals surface area contributed by atoms with Crippen LogP contribution in [0.2, 0.25) is 0 Å². The average Bonchev–Trinajstić information content (AvgIpc) is 3.28. The zero-order valence-electron chi connectivity index (χ0n) is 17.0. The molecule has 3 heterocycles. The second-order valence-electron chi connectivity index (χ2n) is 8.47. The van der Waals surface area contributed by atoms with Crippen LogP contribution in [-0.2, 0) is 23.4 Å². The van der Waals surface area contributed by atoms with Gasteiger partial charge in [0.05, 0.1) is 11.7 Å². The summed E-state index contributed by atoms with van der Waals surface area (Å²) in [7, 11) is 0. The molecule has 1 amide bonds. The van der Waals surface area contributed by atoms with Crippen LogP contribution < -0.4 is 10.9 Å². The average molecular weight is 394 g/mol. The maximum Gasteiger partial charge on any atom is 0.263 e. The van der Waals surface area contributed by atoms with Gasteiger partial charge in [0.25, 0.3) is 5.56 Å². The lowest BCUT2D eigenvalue weighted by Gasteiger charge is -2.19. The van der Waals surface area contributed by atoms with E-state index in [1.54, 1.807) is 10.9 Å². The first kappa shape index (κ1) is 19.2. The zero-order chi connectivity index (χ0) is 20.6. The Morgan fingerprint density at radius 1 is 1.14 bits per heavy atom. The summed E-state index contributed by atoms with van der Waals surface area (Å²) < 4.78 is 1.76. The van der Waals surface area contributed by atoms with Gasteiger partial charge in [0.15, 0.2) is 5.65 Å². The lowest BCUT2D eigenvalue weighted by atomic mass is 10.1. The third kappa shape index (κ3) is 4.01. The molecule has 152 valence electrons. The minimum atomic E-state index is -0.271. The number of hydrogen-bond acceptors (Lipinski definition) is 5. The summed E-state index contributed by atoms with van der Waals surface area (Å²) in [6.07, 6.45) is 3.16. The minimum absolute atomic E-state index is 0.210. The molecule has 1 aliphatic rings. The fourth-order valence-corrected chi connectivity index (χ4v) is 3.53. The van der Waals surface area contributed by atoms with Crippen LogP contribution in [0, 0.1) is 0 Å².